The first-order valence-corrected chi connectivity index (χ1v) is 11.4. The van der Waals surface area contributed by atoms with E-state index in [4.69, 9.17) is 0 Å². The minimum atomic E-state index is -1.20. The number of nitrogens with one attached hydrogen (secondary N) is 2. The molecule has 4 N–H and O–H groups in total. The highest BCUT2D eigenvalue weighted by Crippen LogP contribution is 2.33. The highest BCUT2D eigenvalue weighted by atomic mass is 16.3. The summed E-state index contributed by atoms with van der Waals surface area (Å²) in [4.78, 5) is 25.9. The first kappa shape index (κ1) is 25.6. The number of aliphatic hydroxyl groups is 2. The SMILES string of the molecule is CCC(O)(CC)[C@H](NC(=O)C(=O)N[C@H](c1ccccc1)C(O)(CC)CC)c1ccccc1. The summed E-state index contributed by atoms with van der Waals surface area (Å²) in [5.41, 5.74) is -0.968. The quantitative estimate of drug-likeness (QED) is 0.422. The van der Waals surface area contributed by atoms with Gasteiger partial charge in [-0.15, -0.1) is 0 Å². The number of carbonyl (C=O) groups excluding carboxylic acids is 2. The first-order chi connectivity index (χ1) is 15.2. The molecule has 0 radical (unpaired) electrons. The molecule has 32 heavy (non-hydrogen) atoms. The van der Waals surface area contributed by atoms with Crippen molar-refractivity contribution >= 4 is 11.8 Å². The fraction of sp³-hybridized carbons (Fsp3) is 0.462. The Morgan fingerprint density at radius 2 is 0.938 bits per heavy atom. The van der Waals surface area contributed by atoms with Crippen molar-refractivity contribution < 1.29 is 19.8 Å². The lowest BCUT2D eigenvalue weighted by Gasteiger charge is -2.37. The van der Waals surface area contributed by atoms with Crippen LogP contribution in [0.1, 0.15) is 76.6 Å². The molecule has 174 valence electrons. The van der Waals surface area contributed by atoms with Crippen molar-refractivity contribution in [3.8, 4) is 0 Å². The van der Waals surface area contributed by atoms with Crippen LogP contribution >= 0.6 is 0 Å². The van der Waals surface area contributed by atoms with Gasteiger partial charge in [-0.05, 0) is 36.8 Å². The minimum Gasteiger partial charge on any atom is -0.387 e. The predicted octanol–water partition coefficient (Wildman–Crippen LogP) is 3.80. The zero-order chi connectivity index (χ0) is 23.8. The van der Waals surface area contributed by atoms with E-state index in [2.05, 4.69) is 10.6 Å². The lowest BCUT2D eigenvalue weighted by Crippen LogP contribution is -2.52. The van der Waals surface area contributed by atoms with Gasteiger partial charge >= 0.3 is 11.8 Å². The second-order valence-corrected chi connectivity index (χ2v) is 8.26. The Kier molecular flexibility index (Phi) is 8.99. The molecule has 6 nitrogen and oxygen atoms in total. The highest BCUT2D eigenvalue weighted by Gasteiger charge is 2.39. The van der Waals surface area contributed by atoms with Crippen molar-refractivity contribution in [2.45, 2.75) is 76.7 Å². The lowest BCUT2D eigenvalue weighted by molar-refractivity contribution is -0.143. The molecule has 2 amide bonds. The van der Waals surface area contributed by atoms with E-state index in [-0.39, 0.29) is 0 Å². The maximum Gasteiger partial charge on any atom is 0.309 e. The Hall–Kier alpha value is -2.70. The Balaban J connectivity index is 2.31. The number of rotatable bonds is 10. The van der Waals surface area contributed by atoms with Crippen LogP contribution in [0.4, 0.5) is 0 Å². The van der Waals surface area contributed by atoms with Crippen molar-refractivity contribution in [1.82, 2.24) is 10.6 Å². The van der Waals surface area contributed by atoms with Crippen LogP contribution in [0.3, 0.4) is 0 Å². The molecule has 6 heteroatoms. The molecule has 0 unspecified atom stereocenters. The van der Waals surface area contributed by atoms with E-state index in [0.717, 1.165) is 11.1 Å². The molecule has 0 aromatic heterocycles. The molecule has 0 aliphatic heterocycles. The van der Waals surface area contributed by atoms with Gasteiger partial charge in [0.2, 0.25) is 0 Å². The molecule has 2 aromatic carbocycles. The second-order valence-electron chi connectivity index (χ2n) is 8.26. The largest absolute Gasteiger partial charge is 0.387 e. The third-order valence-corrected chi connectivity index (χ3v) is 6.55. The normalized spacial score (nSPS) is 13.8. The Morgan fingerprint density at radius 3 is 1.19 bits per heavy atom. The van der Waals surface area contributed by atoms with Gasteiger partial charge in [0.25, 0.3) is 0 Å². The van der Waals surface area contributed by atoms with E-state index in [9.17, 15) is 19.8 Å². The average Bonchev–Trinajstić information content (AvgIpc) is 2.85. The number of carbonyl (C=O) groups is 2. The molecular formula is C26H36N2O4. The molecule has 0 aliphatic carbocycles. The van der Waals surface area contributed by atoms with Crippen LogP contribution < -0.4 is 10.6 Å². The topological polar surface area (TPSA) is 98.7 Å². The minimum absolute atomic E-state index is 0.406. The Bertz CT molecular complexity index is 788. The summed E-state index contributed by atoms with van der Waals surface area (Å²) >= 11 is 0. The van der Waals surface area contributed by atoms with Gasteiger partial charge in [0.05, 0.1) is 23.3 Å². The third-order valence-electron chi connectivity index (χ3n) is 6.55. The number of hydrogen-bond donors (Lipinski definition) is 4. The summed E-state index contributed by atoms with van der Waals surface area (Å²) in [7, 11) is 0. The van der Waals surface area contributed by atoms with Crippen LogP contribution in [0.15, 0.2) is 60.7 Å². The molecule has 2 atom stereocenters. The van der Waals surface area contributed by atoms with Crippen molar-refractivity contribution in [1.29, 1.82) is 0 Å². The zero-order valence-electron chi connectivity index (χ0n) is 19.5. The van der Waals surface area contributed by atoms with Gasteiger partial charge in [0, 0.05) is 0 Å². The zero-order valence-corrected chi connectivity index (χ0v) is 19.5. The highest BCUT2D eigenvalue weighted by molar-refractivity contribution is 6.35. The molecule has 2 rings (SSSR count). The van der Waals surface area contributed by atoms with Crippen LogP contribution in [0, 0.1) is 0 Å². The molecule has 0 saturated carbocycles. The number of hydrogen-bond acceptors (Lipinski definition) is 4. The molecule has 0 saturated heterocycles. The standard InChI is InChI=1S/C26H36N2O4/c1-5-25(31,6-2)21(19-15-11-9-12-16-19)27-23(29)24(30)28-22(26(32,7-3)8-4)20-17-13-10-14-18-20/h9-18,21-22,31-32H,5-8H2,1-4H3,(H,27,29)(H,28,30)/t21-,22-/m1/s1. The summed E-state index contributed by atoms with van der Waals surface area (Å²) in [5, 5.41) is 27.8. The van der Waals surface area contributed by atoms with Crippen molar-refractivity contribution in [3.05, 3.63) is 71.8 Å². The maximum absolute atomic E-state index is 13.0. The van der Waals surface area contributed by atoms with Gasteiger partial charge in [0.15, 0.2) is 0 Å². The Labute approximate surface area is 191 Å². The summed E-state index contributed by atoms with van der Waals surface area (Å²) in [6, 6.07) is 16.8. The van der Waals surface area contributed by atoms with E-state index in [1.54, 1.807) is 0 Å². The fourth-order valence-corrected chi connectivity index (χ4v) is 4.06. The summed E-state index contributed by atoms with van der Waals surface area (Å²) in [6.07, 6.45) is 1.62. The second kappa shape index (κ2) is 11.2. The van der Waals surface area contributed by atoms with Gasteiger partial charge < -0.3 is 20.8 Å². The lowest BCUT2D eigenvalue weighted by atomic mass is 9.83. The number of benzene rings is 2. The van der Waals surface area contributed by atoms with Crippen LogP contribution in [-0.4, -0.2) is 33.2 Å². The van der Waals surface area contributed by atoms with E-state index in [0.29, 0.717) is 25.7 Å². The van der Waals surface area contributed by atoms with Gasteiger partial charge in [-0.25, -0.2) is 0 Å². The van der Waals surface area contributed by atoms with Crippen LogP contribution in [0.5, 0.6) is 0 Å². The summed E-state index contributed by atoms with van der Waals surface area (Å²) in [5.74, 6) is -1.70. The van der Waals surface area contributed by atoms with Gasteiger partial charge in [-0.3, -0.25) is 9.59 Å². The van der Waals surface area contributed by atoms with Gasteiger partial charge in [-0.2, -0.15) is 0 Å². The van der Waals surface area contributed by atoms with Gasteiger partial charge in [0.1, 0.15) is 0 Å². The van der Waals surface area contributed by atoms with E-state index >= 15 is 0 Å². The first-order valence-electron chi connectivity index (χ1n) is 11.4. The fourth-order valence-electron chi connectivity index (χ4n) is 4.06. The van der Waals surface area contributed by atoms with Crippen LogP contribution in [0.2, 0.25) is 0 Å². The molecular weight excluding hydrogens is 404 g/mol. The monoisotopic (exact) mass is 440 g/mol. The molecule has 0 aliphatic rings. The molecule has 2 aromatic rings. The van der Waals surface area contributed by atoms with E-state index in [1.165, 1.54) is 0 Å². The van der Waals surface area contributed by atoms with Crippen molar-refractivity contribution in [2.75, 3.05) is 0 Å². The summed E-state index contributed by atoms with van der Waals surface area (Å²) in [6.45, 7) is 7.39. The van der Waals surface area contributed by atoms with Gasteiger partial charge in [-0.1, -0.05) is 88.4 Å². The molecule has 0 bridgehead atoms. The molecule has 0 heterocycles. The molecule has 0 spiro atoms. The van der Waals surface area contributed by atoms with Crippen molar-refractivity contribution in [3.63, 3.8) is 0 Å². The maximum atomic E-state index is 13.0. The third kappa shape index (κ3) is 5.75. The predicted molar refractivity (Wildman–Crippen MR) is 126 cm³/mol. The average molecular weight is 441 g/mol. The van der Waals surface area contributed by atoms with Crippen molar-refractivity contribution in [2.24, 2.45) is 0 Å². The van der Waals surface area contributed by atoms with Crippen LogP contribution in [0.25, 0.3) is 0 Å². The van der Waals surface area contributed by atoms with E-state index < -0.39 is 35.1 Å². The van der Waals surface area contributed by atoms with Crippen LogP contribution in [-0.2, 0) is 9.59 Å². The van der Waals surface area contributed by atoms with E-state index in [1.807, 2.05) is 88.4 Å². The Morgan fingerprint density at radius 1 is 0.656 bits per heavy atom. The summed E-state index contributed by atoms with van der Waals surface area (Å²) < 4.78 is 0. The number of amides is 2. The molecule has 0 fully saturated rings. The smallest absolute Gasteiger partial charge is 0.309 e.